The minimum absolute atomic E-state index is 0.0142. The molecule has 0 bridgehead atoms. The van der Waals surface area contributed by atoms with Gasteiger partial charge in [-0.1, -0.05) is 6.92 Å². The van der Waals surface area contributed by atoms with E-state index < -0.39 is 10.0 Å². The van der Waals surface area contributed by atoms with E-state index in [4.69, 9.17) is 11.6 Å². The van der Waals surface area contributed by atoms with Gasteiger partial charge < -0.3 is 0 Å². The van der Waals surface area contributed by atoms with Crippen LogP contribution in [0.4, 0.5) is 0 Å². The first-order chi connectivity index (χ1) is 8.60. The minimum Gasteiger partial charge on any atom is -0.212 e. The highest BCUT2D eigenvalue weighted by molar-refractivity contribution is 7.89. The van der Waals surface area contributed by atoms with Gasteiger partial charge in [-0.25, -0.2) is 8.42 Å². The van der Waals surface area contributed by atoms with E-state index in [0.29, 0.717) is 18.8 Å². The van der Waals surface area contributed by atoms with Gasteiger partial charge in [-0.15, -0.1) is 22.9 Å². The number of sulfonamides is 1. The van der Waals surface area contributed by atoms with Gasteiger partial charge in [-0.05, 0) is 36.3 Å². The van der Waals surface area contributed by atoms with E-state index in [1.807, 2.05) is 6.92 Å². The van der Waals surface area contributed by atoms with Crippen LogP contribution in [0.5, 0.6) is 0 Å². The largest absolute Gasteiger partial charge is 0.214 e. The lowest BCUT2D eigenvalue weighted by molar-refractivity contribution is 0.303. The van der Waals surface area contributed by atoms with Gasteiger partial charge in [-0.2, -0.15) is 4.31 Å². The van der Waals surface area contributed by atoms with Crippen molar-refractivity contribution in [3.05, 3.63) is 21.9 Å². The van der Waals surface area contributed by atoms with Crippen molar-refractivity contribution in [3.8, 4) is 0 Å². The lowest BCUT2D eigenvalue weighted by Crippen LogP contribution is -2.40. The molecule has 0 aliphatic carbocycles. The summed E-state index contributed by atoms with van der Waals surface area (Å²) in [5.74, 6) is 0.556. The van der Waals surface area contributed by atoms with Crippen LogP contribution in [0.3, 0.4) is 0 Å². The number of rotatable bonds is 5. The Morgan fingerprint density at radius 3 is 3.00 bits per heavy atom. The summed E-state index contributed by atoms with van der Waals surface area (Å²) in [6, 6.07) is 2.08. The molecule has 6 heteroatoms. The highest BCUT2D eigenvalue weighted by atomic mass is 35.5. The second-order valence-corrected chi connectivity index (χ2v) is 7.86. The Morgan fingerprint density at radius 2 is 2.33 bits per heavy atom. The van der Waals surface area contributed by atoms with Gasteiger partial charge in [0.05, 0.1) is 11.8 Å². The Morgan fingerprint density at radius 1 is 1.56 bits per heavy atom. The second kappa shape index (κ2) is 5.90. The summed E-state index contributed by atoms with van der Waals surface area (Å²) in [7, 11) is -3.17. The molecule has 1 aromatic heterocycles. The van der Waals surface area contributed by atoms with E-state index >= 15 is 0 Å². The van der Waals surface area contributed by atoms with E-state index in [0.717, 1.165) is 12.8 Å². The van der Waals surface area contributed by atoms with Crippen LogP contribution in [0.2, 0.25) is 0 Å². The highest BCUT2D eigenvalue weighted by Gasteiger charge is 2.34. The molecule has 0 aromatic carbocycles. The molecule has 0 saturated heterocycles. The molecule has 0 amide bonds. The van der Waals surface area contributed by atoms with E-state index in [1.165, 1.54) is 10.4 Å². The fourth-order valence-corrected chi connectivity index (χ4v) is 5.47. The highest BCUT2D eigenvalue weighted by Crippen LogP contribution is 2.36. The zero-order valence-corrected chi connectivity index (χ0v) is 12.8. The molecule has 18 heavy (non-hydrogen) atoms. The van der Waals surface area contributed by atoms with Gasteiger partial charge in [0, 0.05) is 17.3 Å². The summed E-state index contributed by atoms with van der Waals surface area (Å²) >= 11 is 7.33. The van der Waals surface area contributed by atoms with Crippen LogP contribution in [0, 0.1) is 0 Å². The maximum Gasteiger partial charge on any atom is 0.214 e. The van der Waals surface area contributed by atoms with E-state index in [-0.39, 0.29) is 11.8 Å². The molecular formula is C12H18ClNO2S2. The van der Waals surface area contributed by atoms with Crippen molar-refractivity contribution in [3.63, 3.8) is 0 Å². The Bertz CT molecular complexity index is 498. The lowest BCUT2D eigenvalue weighted by Gasteiger charge is -2.34. The van der Waals surface area contributed by atoms with Crippen molar-refractivity contribution in [2.75, 3.05) is 18.2 Å². The van der Waals surface area contributed by atoms with Gasteiger partial charge in [0.2, 0.25) is 10.0 Å². The number of thiophene rings is 1. The molecule has 1 unspecified atom stereocenters. The van der Waals surface area contributed by atoms with Crippen molar-refractivity contribution >= 4 is 33.0 Å². The zero-order chi connectivity index (χ0) is 13.2. The Labute approximate surface area is 118 Å². The van der Waals surface area contributed by atoms with Crippen LogP contribution < -0.4 is 0 Å². The topological polar surface area (TPSA) is 37.4 Å². The molecule has 102 valence electrons. The smallest absolute Gasteiger partial charge is 0.212 e. The number of nitrogens with zero attached hydrogens (tertiary/aromatic N) is 1. The van der Waals surface area contributed by atoms with E-state index in [9.17, 15) is 8.42 Å². The van der Waals surface area contributed by atoms with Crippen molar-refractivity contribution in [2.45, 2.75) is 32.2 Å². The SMILES string of the molecule is CCC1c2ccsc2CCN1S(=O)(=O)CCCCl. The third-order valence-corrected chi connectivity index (χ3v) is 6.55. The van der Waals surface area contributed by atoms with Gasteiger partial charge in [-0.3, -0.25) is 0 Å². The molecule has 1 atom stereocenters. The molecule has 0 fully saturated rings. The van der Waals surface area contributed by atoms with Crippen LogP contribution in [-0.4, -0.2) is 30.9 Å². The second-order valence-electron chi connectivity index (χ2n) is 4.44. The number of hydrogen-bond donors (Lipinski definition) is 0. The normalized spacial score (nSPS) is 20.9. The minimum atomic E-state index is -3.17. The average Bonchev–Trinajstić information content (AvgIpc) is 2.83. The fraction of sp³-hybridized carbons (Fsp3) is 0.667. The van der Waals surface area contributed by atoms with Crippen LogP contribution in [0.1, 0.15) is 36.2 Å². The maximum absolute atomic E-state index is 12.3. The van der Waals surface area contributed by atoms with Gasteiger partial charge in [0.25, 0.3) is 0 Å². The average molecular weight is 308 g/mol. The van der Waals surface area contributed by atoms with Gasteiger partial charge in [0.1, 0.15) is 0 Å². The fourth-order valence-electron chi connectivity index (χ4n) is 2.48. The number of fused-ring (bicyclic) bond motifs is 1. The summed E-state index contributed by atoms with van der Waals surface area (Å²) in [5.41, 5.74) is 1.20. The Hall–Kier alpha value is -0.100. The summed E-state index contributed by atoms with van der Waals surface area (Å²) in [6.07, 6.45) is 2.18. The summed E-state index contributed by atoms with van der Waals surface area (Å²) in [4.78, 5) is 1.34. The quantitative estimate of drug-likeness (QED) is 0.784. The maximum atomic E-state index is 12.3. The number of hydrogen-bond acceptors (Lipinski definition) is 3. The van der Waals surface area contributed by atoms with Crippen LogP contribution in [0.15, 0.2) is 11.4 Å². The molecule has 0 N–H and O–H groups in total. The predicted molar refractivity (Wildman–Crippen MR) is 76.9 cm³/mol. The van der Waals surface area contributed by atoms with Crippen LogP contribution in [-0.2, 0) is 16.4 Å². The monoisotopic (exact) mass is 307 g/mol. The number of alkyl halides is 1. The third kappa shape index (κ3) is 2.74. The van der Waals surface area contributed by atoms with Crippen molar-refractivity contribution in [2.24, 2.45) is 0 Å². The molecule has 0 saturated carbocycles. The van der Waals surface area contributed by atoms with Crippen molar-refractivity contribution < 1.29 is 8.42 Å². The van der Waals surface area contributed by atoms with E-state index in [2.05, 4.69) is 11.4 Å². The number of halogens is 1. The first kappa shape index (κ1) is 14.3. The van der Waals surface area contributed by atoms with Crippen LogP contribution >= 0.6 is 22.9 Å². The van der Waals surface area contributed by atoms with Crippen molar-refractivity contribution in [1.29, 1.82) is 0 Å². The van der Waals surface area contributed by atoms with Gasteiger partial charge >= 0.3 is 0 Å². The van der Waals surface area contributed by atoms with Gasteiger partial charge in [0.15, 0.2) is 0 Å². The molecule has 0 radical (unpaired) electrons. The Kier molecular flexibility index (Phi) is 4.69. The van der Waals surface area contributed by atoms with Crippen molar-refractivity contribution in [1.82, 2.24) is 4.31 Å². The summed E-state index contributed by atoms with van der Waals surface area (Å²) in [5, 5.41) is 2.06. The molecular weight excluding hydrogens is 290 g/mol. The first-order valence-corrected chi connectivity index (χ1v) is 9.24. The summed E-state index contributed by atoms with van der Waals surface area (Å²) in [6.45, 7) is 2.65. The van der Waals surface area contributed by atoms with Crippen LogP contribution in [0.25, 0.3) is 0 Å². The zero-order valence-electron chi connectivity index (χ0n) is 10.4. The van der Waals surface area contributed by atoms with E-state index in [1.54, 1.807) is 15.6 Å². The standard InChI is InChI=1S/C12H18ClNO2S2/c1-2-11-10-5-8-17-12(10)4-7-14(11)18(15,16)9-3-6-13/h5,8,11H,2-4,6-7,9H2,1H3. The molecule has 3 nitrogen and oxygen atoms in total. The molecule has 0 spiro atoms. The Balaban J connectivity index is 2.25. The summed E-state index contributed by atoms with van der Waals surface area (Å²) < 4.78 is 26.3. The molecule has 2 rings (SSSR count). The molecule has 2 heterocycles. The first-order valence-electron chi connectivity index (χ1n) is 6.22. The lowest BCUT2D eigenvalue weighted by atomic mass is 10.0. The molecule has 1 aliphatic heterocycles. The molecule has 1 aromatic rings. The molecule has 1 aliphatic rings. The predicted octanol–water partition coefficient (Wildman–Crippen LogP) is 3.02. The third-order valence-electron chi connectivity index (χ3n) is 3.33.